The van der Waals surface area contributed by atoms with Crippen molar-refractivity contribution in [2.75, 3.05) is 0 Å². The van der Waals surface area contributed by atoms with E-state index in [0.717, 1.165) is 6.42 Å². The summed E-state index contributed by atoms with van der Waals surface area (Å²) < 4.78 is 0. The molecule has 0 rings (SSSR count). The van der Waals surface area contributed by atoms with Gasteiger partial charge in [-0.1, -0.05) is 25.8 Å². The highest BCUT2D eigenvalue weighted by Gasteiger charge is 2.40. The van der Waals surface area contributed by atoms with Crippen LogP contribution in [0.3, 0.4) is 0 Å². The van der Waals surface area contributed by atoms with Crippen LogP contribution in [-0.4, -0.2) is 49.7 Å². The third kappa shape index (κ3) is 14.5. The van der Waals surface area contributed by atoms with Crippen LogP contribution in [0, 0.1) is 0 Å². The largest absolute Gasteiger partial charge is 0.481 e. The Kier molecular flexibility index (Phi) is 12.4. The summed E-state index contributed by atoms with van der Waals surface area (Å²) in [5, 5.41) is 33.8. The zero-order valence-electron chi connectivity index (χ0n) is 13.3. The lowest BCUT2D eigenvalue weighted by atomic mass is 9.96. The molecule has 0 radical (unpaired) electrons. The van der Waals surface area contributed by atoms with Gasteiger partial charge in [0.2, 0.25) is 0 Å². The second kappa shape index (κ2) is 12.3. The van der Waals surface area contributed by atoms with Gasteiger partial charge in [0.05, 0.1) is 12.8 Å². The molecule has 0 unspecified atom stereocenters. The van der Waals surface area contributed by atoms with Gasteiger partial charge in [-0.15, -0.1) is 0 Å². The van der Waals surface area contributed by atoms with Crippen molar-refractivity contribution in [2.24, 2.45) is 0 Å². The molecule has 0 aromatic carbocycles. The van der Waals surface area contributed by atoms with Gasteiger partial charge < -0.3 is 20.4 Å². The molecule has 8 heteroatoms. The maximum Gasteiger partial charge on any atom is 0.336 e. The molecule has 0 saturated heterocycles. The molecule has 0 spiro atoms. The fourth-order valence-corrected chi connectivity index (χ4v) is 1.48. The van der Waals surface area contributed by atoms with Crippen molar-refractivity contribution in [3.05, 3.63) is 12.2 Å². The van der Waals surface area contributed by atoms with Crippen LogP contribution in [0.5, 0.6) is 0 Å². The number of hydrogen-bond donors (Lipinski definition) is 4. The Morgan fingerprint density at radius 3 is 1.74 bits per heavy atom. The predicted octanol–water partition coefficient (Wildman–Crippen LogP) is 1.46. The van der Waals surface area contributed by atoms with E-state index in [-0.39, 0.29) is 5.78 Å². The zero-order chi connectivity index (χ0) is 18.5. The molecule has 0 aromatic heterocycles. The van der Waals surface area contributed by atoms with Crippen LogP contribution in [0.2, 0.25) is 0 Å². The van der Waals surface area contributed by atoms with E-state index in [4.69, 9.17) is 20.4 Å². The van der Waals surface area contributed by atoms with E-state index >= 15 is 0 Å². The first-order valence-corrected chi connectivity index (χ1v) is 7.11. The normalized spacial score (nSPS) is 10.7. The number of carbonyl (C=O) groups excluding carboxylic acids is 1. The fraction of sp³-hybridized carbons (Fsp3) is 0.600. The van der Waals surface area contributed by atoms with E-state index < -0.39 is 36.4 Å². The second-order valence-electron chi connectivity index (χ2n) is 4.99. The first-order valence-electron chi connectivity index (χ1n) is 7.11. The molecule has 23 heavy (non-hydrogen) atoms. The van der Waals surface area contributed by atoms with E-state index in [0.29, 0.717) is 0 Å². The number of carboxylic acid groups (broad SMARTS) is 3. The van der Waals surface area contributed by atoms with E-state index in [1.807, 2.05) is 6.08 Å². The molecule has 0 heterocycles. The van der Waals surface area contributed by atoms with Gasteiger partial charge in [-0.25, -0.2) is 4.79 Å². The van der Waals surface area contributed by atoms with Crippen molar-refractivity contribution >= 4 is 23.7 Å². The van der Waals surface area contributed by atoms with Crippen molar-refractivity contribution < 1.29 is 39.6 Å². The SMILES string of the molecule is CCCCCC=CC(C)=O.O=C(O)CC(O)(CC(=O)O)C(=O)O. The van der Waals surface area contributed by atoms with E-state index in [2.05, 4.69) is 6.92 Å². The molecule has 0 aliphatic carbocycles. The predicted molar refractivity (Wildman–Crippen MR) is 81.1 cm³/mol. The Morgan fingerprint density at radius 1 is 0.957 bits per heavy atom. The molecule has 0 aliphatic heterocycles. The summed E-state index contributed by atoms with van der Waals surface area (Å²) >= 11 is 0. The summed E-state index contributed by atoms with van der Waals surface area (Å²) in [5.74, 6) is -4.87. The first kappa shape index (κ1) is 23.1. The fourth-order valence-electron chi connectivity index (χ4n) is 1.48. The summed E-state index contributed by atoms with van der Waals surface area (Å²) in [6.45, 7) is 3.75. The van der Waals surface area contributed by atoms with Crippen LogP contribution in [0.25, 0.3) is 0 Å². The van der Waals surface area contributed by atoms with Crippen molar-refractivity contribution in [1.29, 1.82) is 0 Å². The molecule has 8 nitrogen and oxygen atoms in total. The number of hydrogen-bond acceptors (Lipinski definition) is 5. The molecule has 0 fully saturated rings. The Balaban J connectivity index is 0. The lowest BCUT2D eigenvalue weighted by Gasteiger charge is -2.18. The van der Waals surface area contributed by atoms with Gasteiger partial charge in [-0.05, 0) is 25.8 Å². The minimum atomic E-state index is -2.74. The van der Waals surface area contributed by atoms with Gasteiger partial charge in [-0.3, -0.25) is 14.4 Å². The summed E-state index contributed by atoms with van der Waals surface area (Å²) in [7, 11) is 0. The van der Waals surface area contributed by atoms with Crippen molar-refractivity contribution in [2.45, 2.75) is 58.0 Å². The minimum Gasteiger partial charge on any atom is -0.481 e. The van der Waals surface area contributed by atoms with Crippen LogP contribution in [-0.2, 0) is 19.2 Å². The van der Waals surface area contributed by atoms with Crippen LogP contribution in [0.4, 0.5) is 0 Å². The number of carbonyl (C=O) groups is 4. The van der Waals surface area contributed by atoms with Gasteiger partial charge in [0.25, 0.3) is 0 Å². The molecule has 0 bridgehead atoms. The zero-order valence-corrected chi connectivity index (χ0v) is 13.3. The Labute approximate surface area is 134 Å². The molecule has 0 aromatic rings. The highest BCUT2D eigenvalue weighted by Crippen LogP contribution is 2.15. The average molecular weight is 332 g/mol. The highest BCUT2D eigenvalue weighted by atomic mass is 16.4. The maximum absolute atomic E-state index is 10.4. The van der Waals surface area contributed by atoms with Crippen LogP contribution in [0.15, 0.2) is 12.2 Å². The van der Waals surface area contributed by atoms with Crippen LogP contribution >= 0.6 is 0 Å². The quantitative estimate of drug-likeness (QED) is 0.347. The minimum absolute atomic E-state index is 0.150. The van der Waals surface area contributed by atoms with Crippen molar-refractivity contribution in [3.63, 3.8) is 0 Å². The molecule has 132 valence electrons. The van der Waals surface area contributed by atoms with Gasteiger partial charge in [0.15, 0.2) is 11.4 Å². The number of aliphatic carboxylic acids is 3. The maximum atomic E-state index is 10.4. The molecular weight excluding hydrogens is 308 g/mol. The highest BCUT2D eigenvalue weighted by molar-refractivity contribution is 5.88. The number of unbranched alkanes of at least 4 members (excludes halogenated alkanes) is 3. The molecule has 4 N–H and O–H groups in total. The van der Waals surface area contributed by atoms with Gasteiger partial charge >= 0.3 is 17.9 Å². The average Bonchev–Trinajstić information content (AvgIpc) is 2.36. The second-order valence-corrected chi connectivity index (χ2v) is 4.99. The molecular formula is C15H24O8. The standard InChI is InChI=1S/C9H16O.C6H8O7/c1-3-4-5-6-7-8-9(2)10;7-3(8)1-6(13,5(11)12)2-4(9)10/h7-8H,3-6H2,1-2H3;13H,1-2H2,(H,7,8)(H,9,10)(H,11,12). The van der Waals surface area contributed by atoms with Crippen LogP contribution < -0.4 is 0 Å². The Bertz CT molecular complexity index is 423. The number of aliphatic hydroxyl groups is 1. The number of carboxylic acids is 3. The van der Waals surface area contributed by atoms with Crippen molar-refractivity contribution in [3.8, 4) is 0 Å². The first-order chi connectivity index (χ1) is 10.5. The van der Waals surface area contributed by atoms with Crippen LogP contribution in [0.1, 0.15) is 52.4 Å². The lowest BCUT2D eigenvalue weighted by molar-refractivity contribution is -0.170. The third-order valence-corrected chi connectivity index (χ3v) is 2.61. The monoisotopic (exact) mass is 332 g/mol. The summed E-state index contributed by atoms with van der Waals surface area (Å²) in [6, 6.07) is 0. The van der Waals surface area contributed by atoms with Crippen molar-refractivity contribution in [1.82, 2.24) is 0 Å². The van der Waals surface area contributed by atoms with E-state index in [9.17, 15) is 19.2 Å². The number of ketones is 1. The van der Waals surface area contributed by atoms with Gasteiger partial charge in [-0.2, -0.15) is 0 Å². The van der Waals surface area contributed by atoms with E-state index in [1.165, 1.54) is 19.3 Å². The summed E-state index contributed by atoms with van der Waals surface area (Å²) in [4.78, 5) is 40.9. The molecule has 0 aliphatic rings. The molecule has 0 atom stereocenters. The summed E-state index contributed by atoms with van der Waals surface area (Å²) in [6.07, 6.45) is 6.08. The van der Waals surface area contributed by atoms with Gasteiger partial charge in [0.1, 0.15) is 0 Å². The Hall–Kier alpha value is -2.22. The number of rotatable bonds is 10. The van der Waals surface area contributed by atoms with Gasteiger partial charge in [0, 0.05) is 0 Å². The molecule has 0 saturated carbocycles. The smallest absolute Gasteiger partial charge is 0.336 e. The topological polar surface area (TPSA) is 149 Å². The number of allylic oxidation sites excluding steroid dienone is 2. The lowest BCUT2D eigenvalue weighted by Crippen LogP contribution is -2.42. The Morgan fingerprint density at radius 2 is 1.43 bits per heavy atom. The van der Waals surface area contributed by atoms with E-state index in [1.54, 1.807) is 13.0 Å². The molecule has 0 amide bonds. The third-order valence-electron chi connectivity index (χ3n) is 2.61. The summed E-state index contributed by atoms with van der Waals surface area (Å²) in [5.41, 5.74) is -2.74.